The van der Waals surface area contributed by atoms with Crippen LogP contribution in [0.15, 0.2) is 34.8 Å². The molecular formula is C18H22BrN3O. The molecule has 2 aromatic rings. The Morgan fingerprint density at radius 2 is 1.91 bits per heavy atom. The van der Waals surface area contributed by atoms with Crippen LogP contribution < -0.4 is 4.90 Å². The minimum Gasteiger partial charge on any atom is -0.379 e. The molecule has 1 unspecified atom stereocenters. The topological polar surface area (TPSA) is 28.6 Å². The van der Waals surface area contributed by atoms with Crippen molar-refractivity contribution in [1.29, 1.82) is 0 Å². The molecule has 1 aromatic heterocycles. The molecule has 0 saturated carbocycles. The number of pyridine rings is 1. The Bertz CT molecular complexity index is 687. The molecule has 0 spiro atoms. The molecule has 0 radical (unpaired) electrons. The van der Waals surface area contributed by atoms with E-state index in [1.165, 1.54) is 18.2 Å². The molecular weight excluding hydrogens is 354 g/mol. The van der Waals surface area contributed by atoms with Gasteiger partial charge in [0.2, 0.25) is 0 Å². The zero-order chi connectivity index (χ0) is 15.6. The molecule has 2 aliphatic heterocycles. The van der Waals surface area contributed by atoms with E-state index in [9.17, 15) is 0 Å². The lowest BCUT2D eigenvalue weighted by molar-refractivity contribution is 0.0137. The molecule has 4 rings (SSSR count). The average Bonchev–Trinajstić information content (AvgIpc) is 2.62. The summed E-state index contributed by atoms with van der Waals surface area (Å²) in [5.74, 6) is 1.11. The summed E-state index contributed by atoms with van der Waals surface area (Å²) in [5, 5.41) is 1.19. The van der Waals surface area contributed by atoms with Crippen LogP contribution in [0, 0.1) is 0 Å². The van der Waals surface area contributed by atoms with E-state index in [1.807, 2.05) is 0 Å². The second kappa shape index (κ2) is 6.75. The minimum atomic E-state index is 0.632. The molecule has 3 heterocycles. The molecule has 23 heavy (non-hydrogen) atoms. The van der Waals surface area contributed by atoms with Gasteiger partial charge in [-0.2, -0.15) is 0 Å². The molecule has 5 heteroatoms. The summed E-state index contributed by atoms with van der Waals surface area (Å²) in [6, 6.07) is 11.3. The fourth-order valence-corrected chi connectivity index (χ4v) is 4.01. The molecule has 1 aromatic carbocycles. The number of benzene rings is 1. The van der Waals surface area contributed by atoms with Gasteiger partial charge >= 0.3 is 0 Å². The van der Waals surface area contributed by atoms with E-state index >= 15 is 0 Å². The number of halogens is 1. The van der Waals surface area contributed by atoms with Crippen LogP contribution in [-0.4, -0.2) is 55.3 Å². The molecule has 122 valence electrons. The third-order valence-corrected chi connectivity index (χ3v) is 5.42. The van der Waals surface area contributed by atoms with Gasteiger partial charge in [-0.15, -0.1) is 0 Å². The standard InChI is InChI=1S/C18H22BrN3O/c19-15-5-3-14-4-6-18(20-17(14)12-15)22-7-1-2-16(13-22)21-8-10-23-11-9-21/h3-6,12,16H,1-2,7-11,13H2. The van der Waals surface area contributed by atoms with Crippen molar-refractivity contribution < 1.29 is 4.74 Å². The summed E-state index contributed by atoms with van der Waals surface area (Å²) in [6.07, 6.45) is 2.52. The van der Waals surface area contributed by atoms with E-state index in [0.29, 0.717) is 6.04 Å². The van der Waals surface area contributed by atoms with Crippen molar-refractivity contribution in [3.63, 3.8) is 0 Å². The third-order valence-electron chi connectivity index (χ3n) is 4.92. The summed E-state index contributed by atoms with van der Waals surface area (Å²) < 4.78 is 6.57. The van der Waals surface area contributed by atoms with Crippen molar-refractivity contribution in [1.82, 2.24) is 9.88 Å². The first kappa shape index (κ1) is 15.4. The van der Waals surface area contributed by atoms with Crippen molar-refractivity contribution in [3.05, 3.63) is 34.8 Å². The number of rotatable bonds is 2. The fraction of sp³-hybridized carbons (Fsp3) is 0.500. The number of nitrogens with zero attached hydrogens (tertiary/aromatic N) is 3. The maximum absolute atomic E-state index is 5.49. The van der Waals surface area contributed by atoms with E-state index in [-0.39, 0.29) is 0 Å². The number of hydrogen-bond acceptors (Lipinski definition) is 4. The van der Waals surface area contributed by atoms with Crippen LogP contribution in [0.4, 0.5) is 5.82 Å². The van der Waals surface area contributed by atoms with E-state index in [4.69, 9.17) is 9.72 Å². The van der Waals surface area contributed by atoms with Crippen LogP contribution in [0.5, 0.6) is 0 Å². The highest BCUT2D eigenvalue weighted by atomic mass is 79.9. The van der Waals surface area contributed by atoms with Gasteiger partial charge in [-0.05, 0) is 37.1 Å². The molecule has 2 saturated heterocycles. The number of ether oxygens (including phenoxy) is 1. The highest BCUT2D eigenvalue weighted by molar-refractivity contribution is 9.10. The van der Waals surface area contributed by atoms with Gasteiger partial charge < -0.3 is 9.64 Å². The summed E-state index contributed by atoms with van der Waals surface area (Å²) in [6.45, 7) is 6.06. The number of fused-ring (bicyclic) bond motifs is 1. The van der Waals surface area contributed by atoms with E-state index in [1.54, 1.807) is 0 Å². The first-order valence-corrected chi connectivity index (χ1v) is 9.22. The van der Waals surface area contributed by atoms with Crippen LogP contribution >= 0.6 is 15.9 Å². The van der Waals surface area contributed by atoms with Crippen LogP contribution in [0.2, 0.25) is 0 Å². The zero-order valence-electron chi connectivity index (χ0n) is 13.2. The van der Waals surface area contributed by atoms with Crippen molar-refractivity contribution in [2.24, 2.45) is 0 Å². The van der Waals surface area contributed by atoms with Crippen LogP contribution in [0.3, 0.4) is 0 Å². The first-order chi connectivity index (χ1) is 11.3. The second-order valence-corrected chi connectivity index (χ2v) is 7.31. The minimum absolute atomic E-state index is 0.632. The largest absolute Gasteiger partial charge is 0.379 e. The summed E-state index contributed by atoms with van der Waals surface area (Å²) >= 11 is 3.54. The van der Waals surface area contributed by atoms with Gasteiger partial charge in [0.25, 0.3) is 0 Å². The van der Waals surface area contributed by atoms with Gasteiger partial charge in [0.05, 0.1) is 18.7 Å². The number of aromatic nitrogens is 1. The monoisotopic (exact) mass is 375 g/mol. The second-order valence-electron chi connectivity index (χ2n) is 6.40. The molecule has 0 bridgehead atoms. The summed E-state index contributed by atoms with van der Waals surface area (Å²) in [5.41, 5.74) is 1.06. The van der Waals surface area contributed by atoms with E-state index in [2.05, 4.69) is 56.1 Å². The highest BCUT2D eigenvalue weighted by Gasteiger charge is 2.27. The zero-order valence-corrected chi connectivity index (χ0v) is 14.8. The van der Waals surface area contributed by atoms with Crippen molar-refractivity contribution in [2.45, 2.75) is 18.9 Å². The maximum atomic E-state index is 5.49. The Balaban J connectivity index is 1.54. The third kappa shape index (κ3) is 3.37. The first-order valence-electron chi connectivity index (χ1n) is 8.43. The Hall–Kier alpha value is -1.17. The van der Waals surface area contributed by atoms with Gasteiger partial charge in [-0.25, -0.2) is 4.98 Å². The predicted octanol–water partition coefficient (Wildman–Crippen LogP) is 3.30. The Kier molecular flexibility index (Phi) is 4.51. The van der Waals surface area contributed by atoms with Crippen molar-refractivity contribution in [3.8, 4) is 0 Å². The molecule has 2 aliphatic rings. The smallest absolute Gasteiger partial charge is 0.129 e. The van der Waals surface area contributed by atoms with E-state index < -0.39 is 0 Å². The molecule has 0 aliphatic carbocycles. The summed E-state index contributed by atoms with van der Waals surface area (Å²) in [7, 11) is 0. The quantitative estimate of drug-likeness (QED) is 0.804. The SMILES string of the molecule is Brc1ccc2ccc(N3CCCC(N4CCOCC4)C3)nc2c1. The maximum Gasteiger partial charge on any atom is 0.129 e. The van der Waals surface area contributed by atoms with Crippen LogP contribution in [-0.2, 0) is 4.74 Å². The number of piperidine rings is 1. The Morgan fingerprint density at radius 1 is 1.09 bits per heavy atom. The van der Waals surface area contributed by atoms with Crippen molar-refractivity contribution >= 4 is 32.7 Å². The van der Waals surface area contributed by atoms with Gasteiger partial charge in [-0.1, -0.05) is 22.0 Å². The molecule has 4 nitrogen and oxygen atoms in total. The van der Waals surface area contributed by atoms with Crippen LogP contribution in [0.25, 0.3) is 10.9 Å². The Morgan fingerprint density at radius 3 is 2.78 bits per heavy atom. The van der Waals surface area contributed by atoms with Crippen molar-refractivity contribution in [2.75, 3.05) is 44.3 Å². The summed E-state index contributed by atoms with van der Waals surface area (Å²) in [4.78, 5) is 9.93. The average molecular weight is 376 g/mol. The van der Waals surface area contributed by atoms with Gasteiger partial charge in [0.1, 0.15) is 5.82 Å². The van der Waals surface area contributed by atoms with Gasteiger partial charge in [0.15, 0.2) is 0 Å². The molecule has 0 N–H and O–H groups in total. The molecule has 1 atom stereocenters. The highest BCUT2D eigenvalue weighted by Crippen LogP contribution is 2.25. The predicted molar refractivity (Wildman–Crippen MR) is 97.1 cm³/mol. The normalized spacial score (nSPS) is 23.3. The number of anilines is 1. The lowest BCUT2D eigenvalue weighted by Crippen LogP contribution is -2.51. The van der Waals surface area contributed by atoms with Gasteiger partial charge in [-0.3, -0.25) is 4.90 Å². The lowest BCUT2D eigenvalue weighted by atomic mass is 10.0. The Labute approximate surface area is 145 Å². The fourth-order valence-electron chi connectivity index (χ4n) is 3.66. The number of hydrogen-bond donors (Lipinski definition) is 0. The van der Waals surface area contributed by atoms with Gasteiger partial charge in [0, 0.05) is 42.1 Å². The molecule has 2 fully saturated rings. The lowest BCUT2D eigenvalue weighted by Gasteiger charge is -2.41. The molecule has 0 amide bonds. The number of morpholine rings is 1. The van der Waals surface area contributed by atoms with E-state index in [0.717, 1.165) is 55.2 Å². The van der Waals surface area contributed by atoms with Crippen LogP contribution in [0.1, 0.15) is 12.8 Å².